The molecule has 0 bridgehead atoms. The maximum atomic E-state index is 11.0. The fourth-order valence-corrected chi connectivity index (χ4v) is 2.21. The number of ether oxygens (including phenoxy) is 1. The Labute approximate surface area is 90.3 Å². The van der Waals surface area contributed by atoms with E-state index in [2.05, 4.69) is 4.74 Å². The molecule has 9 nitrogen and oxygen atoms in total. The van der Waals surface area contributed by atoms with E-state index >= 15 is 0 Å². The summed E-state index contributed by atoms with van der Waals surface area (Å²) in [6.07, 6.45) is -8.55. The molecule has 0 saturated carbocycles. The molecule has 1 aliphatic heterocycles. The first kappa shape index (κ1) is 13.7. The lowest BCUT2D eigenvalue weighted by atomic mass is 9.99. The zero-order valence-corrected chi connectivity index (χ0v) is 8.65. The van der Waals surface area contributed by atoms with Gasteiger partial charge in [0.2, 0.25) is 4.93 Å². The summed E-state index contributed by atoms with van der Waals surface area (Å²) in [6.45, 7) is -1.41. The number of aliphatic hydroxyl groups is 5. The summed E-state index contributed by atoms with van der Waals surface area (Å²) >= 11 is 0. The summed E-state index contributed by atoms with van der Waals surface area (Å²) in [4.78, 5) is -2.98. The second-order valence-corrected chi connectivity index (χ2v) is 5.02. The quantitative estimate of drug-likeness (QED) is 0.271. The first-order valence-corrected chi connectivity index (χ1v) is 5.59. The van der Waals surface area contributed by atoms with Crippen LogP contribution in [0.5, 0.6) is 0 Å². The summed E-state index contributed by atoms with van der Waals surface area (Å²) in [5.41, 5.74) is 0. The van der Waals surface area contributed by atoms with Crippen LogP contribution in [0.4, 0.5) is 0 Å². The van der Waals surface area contributed by atoms with Crippen LogP contribution in [0.3, 0.4) is 0 Å². The van der Waals surface area contributed by atoms with Crippen molar-refractivity contribution in [1.29, 1.82) is 0 Å². The van der Waals surface area contributed by atoms with Gasteiger partial charge >= 0.3 is 10.1 Å². The lowest BCUT2D eigenvalue weighted by Crippen LogP contribution is -2.68. The summed E-state index contributed by atoms with van der Waals surface area (Å²) in [5, 5.41) is 45.6. The molecule has 1 saturated heterocycles. The molecule has 96 valence electrons. The summed E-state index contributed by atoms with van der Waals surface area (Å²) in [5.74, 6) is 0. The van der Waals surface area contributed by atoms with E-state index in [1.807, 2.05) is 0 Å². The molecular formula is C6H12O9S. The third-order valence-corrected chi connectivity index (χ3v) is 3.73. The molecule has 0 aromatic rings. The Kier molecular flexibility index (Phi) is 3.57. The van der Waals surface area contributed by atoms with Gasteiger partial charge in [0.25, 0.3) is 0 Å². The number of hydrogen-bond acceptors (Lipinski definition) is 8. The zero-order chi connectivity index (χ0) is 12.7. The normalized spacial score (nSPS) is 45.6. The molecular weight excluding hydrogens is 248 g/mol. The topological polar surface area (TPSA) is 165 Å². The summed E-state index contributed by atoms with van der Waals surface area (Å²) in [7, 11) is -5.13. The molecule has 6 N–H and O–H groups in total. The molecule has 0 radical (unpaired) electrons. The molecule has 1 rings (SSSR count). The van der Waals surface area contributed by atoms with Gasteiger partial charge in [0, 0.05) is 0 Å². The van der Waals surface area contributed by atoms with Gasteiger partial charge in [0.1, 0.15) is 18.3 Å². The van der Waals surface area contributed by atoms with Gasteiger partial charge in [0.05, 0.1) is 6.61 Å². The lowest BCUT2D eigenvalue weighted by molar-refractivity contribution is -0.302. The van der Waals surface area contributed by atoms with E-state index in [0.717, 1.165) is 0 Å². The van der Waals surface area contributed by atoms with Gasteiger partial charge < -0.3 is 30.3 Å². The monoisotopic (exact) mass is 260 g/mol. The smallest absolute Gasteiger partial charge is 0.300 e. The second-order valence-electron chi connectivity index (χ2n) is 3.38. The molecule has 1 heterocycles. The van der Waals surface area contributed by atoms with E-state index in [1.165, 1.54) is 0 Å². The van der Waals surface area contributed by atoms with Gasteiger partial charge in [-0.2, -0.15) is 8.42 Å². The fourth-order valence-electron chi connectivity index (χ4n) is 1.39. The Morgan fingerprint density at radius 1 is 1.12 bits per heavy atom. The van der Waals surface area contributed by atoms with Crippen LogP contribution in [-0.4, -0.2) is 74.6 Å². The van der Waals surface area contributed by atoms with Crippen LogP contribution in [0.1, 0.15) is 0 Å². The predicted octanol–water partition coefficient (Wildman–Crippen LogP) is -4.01. The minimum Gasteiger partial charge on any atom is -0.392 e. The van der Waals surface area contributed by atoms with Crippen LogP contribution in [0, 0.1) is 0 Å². The molecule has 0 spiro atoms. The Morgan fingerprint density at radius 3 is 2.00 bits per heavy atom. The van der Waals surface area contributed by atoms with Gasteiger partial charge in [-0.25, -0.2) is 0 Å². The average molecular weight is 260 g/mol. The van der Waals surface area contributed by atoms with E-state index in [1.54, 1.807) is 0 Å². The van der Waals surface area contributed by atoms with E-state index in [9.17, 15) is 18.6 Å². The zero-order valence-electron chi connectivity index (χ0n) is 7.83. The molecule has 0 amide bonds. The highest BCUT2D eigenvalue weighted by Gasteiger charge is 2.60. The third-order valence-electron chi connectivity index (χ3n) is 2.39. The molecule has 10 heteroatoms. The predicted molar refractivity (Wildman–Crippen MR) is 46.5 cm³/mol. The number of aliphatic hydroxyl groups excluding tert-OH is 5. The van der Waals surface area contributed by atoms with Crippen molar-refractivity contribution in [2.24, 2.45) is 0 Å². The number of rotatable bonds is 2. The van der Waals surface area contributed by atoms with Crippen LogP contribution in [0.25, 0.3) is 0 Å². The standard InChI is InChI=1S/C6H12O9S/c7-1-6(16(12,13)14)4(10)2(8)3(9)5(11)15-6/h2-5,7-11H,1H2,(H,12,13,14)/t2-,3-,4+,5+,6+/m1/s1. The lowest BCUT2D eigenvalue weighted by Gasteiger charge is -2.43. The number of hydrogen-bond donors (Lipinski definition) is 6. The van der Waals surface area contributed by atoms with Crippen LogP contribution in [0.15, 0.2) is 0 Å². The van der Waals surface area contributed by atoms with E-state index in [4.69, 9.17) is 19.9 Å². The van der Waals surface area contributed by atoms with Crippen LogP contribution in [-0.2, 0) is 14.9 Å². The third kappa shape index (κ3) is 1.83. The van der Waals surface area contributed by atoms with Gasteiger partial charge in [-0.3, -0.25) is 4.55 Å². The van der Waals surface area contributed by atoms with Crippen LogP contribution in [0.2, 0.25) is 0 Å². The van der Waals surface area contributed by atoms with Crippen molar-refractivity contribution in [2.75, 3.05) is 6.61 Å². The van der Waals surface area contributed by atoms with Crippen LogP contribution >= 0.6 is 0 Å². The average Bonchev–Trinajstić information content (AvgIpc) is 2.18. The maximum absolute atomic E-state index is 11.0. The summed E-state index contributed by atoms with van der Waals surface area (Å²) < 4.78 is 35.0. The molecule has 0 unspecified atom stereocenters. The molecule has 0 aromatic heterocycles. The molecule has 5 atom stereocenters. The maximum Gasteiger partial charge on any atom is 0.300 e. The first-order chi connectivity index (χ1) is 7.17. The molecule has 1 aliphatic rings. The van der Waals surface area contributed by atoms with Gasteiger partial charge in [-0.1, -0.05) is 0 Å². The molecule has 0 aromatic carbocycles. The minimum absolute atomic E-state index is 1.41. The van der Waals surface area contributed by atoms with Gasteiger partial charge in [0.15, 0.2) is 6.29 Å². The van der Waals surface area contributed by atoms with Crippen molar-refractivity contribution in [3.05, 3.63) is 0 Å². The Morgan fingerprint density at radius 2 is 1.62 bits per heavy atom. The highest BCUT2D eigenvalue weighted by Crippen LogP contribution is 2.32. The van der Waals surface area contributed by atoms with Crippen molar-refractivity contribution >= 4 is 10.1 Å². The van der Waals surface area contributed by atoms with Crippen molar-refractivity contribution in [3.63, 3.8) is 0 Å². The molecule has 0 aliphatic carbocycles. The van der Waals surface area contributed by atoms with E-state index in [-0.39, 0.29) is 0 Å². The molecule has 16 heavy (non-hydrogen) atoms. The van der Waals surface area contributed by atoms with Gasteiger partial charge in [-0.15, -0.1) is 0 Å². The van der Waals surface area contributed by atoms with Crippen molar-refractivity contribution in [3.8, 4) is 0 Å². The van der Waals surface area contributed by atoms with Crippen molar-refractivity contribution < 1.29 is 43.2 Å². The fraction of sp³-hybridized carbons (Fsp3) is 1.00. The Hall–Kier alpha value is -0.330. The van der Waals surface area contributed by atoms with Crippen LogP contribution < -0.4 is 0 Å². The highest BCUT2D eigenvalue weighted by atomic mass is 32.2. The Bertz CT molecular complexity index is 353. The minimum atomic E-state index is -5.13. The van der Waals surface area contributed by atoms with E-state index in [0.29, 0.717) is 0 Å². The molecule has 1 fully saturated rings. The van der Waals surface area contributed by atoms with Crippen molar-refractivity contribution in [2.45, 2.75) is 29.5 Å². The Balaban J connectivity index is 3.22. The second kappa shape index (κ2) is 4.16. The van der Waals surface area contributed by atoms with Gasteiger partial charge in [-0.05, 0) is 0 Å². The van der Waals surface area contributed by atoms with E-state index < -0.39 is 46.3 Å². The SMILES string of the molecule is O=S(=O)(O)[C@]1(CO)O[C@H](O)[C@H](O)[C@@H](O)[C@@H]1O. The highest BCUT2D eigenvalue weighted by molar-refractivity contribution is 7.87. The first-order valence-electron chi connectivity index (χ1n) is 4.15. The van der Waals surface area contributed by atoms with Crippen molar-refractivity contribution in [1.82, 2.24) is 0 Å². The largest absolute Gasteiger partial charge is 0.392 e. The summed E-state index contributed by atoms with van der Waals surface area (Å²) in [6, 6.07) is 0.